The Hall–Kier alpha value is -2.14. The number of hydrogen-bond acceptors (Lipinski definition) is 3. The van der Waals surface area contributed by atoms with E-state index in [0.717, 1.165) is 5.52 Å². The van der Waals surface area contributed by atoms with E-state index >= 15 is 0 Å². The molecule has 0 aliphatic heterocycles. The molecule has 0 aliphatic rings. The second-order valence-corrected chi connectivity index (χ2v) is 3.85. The first-order chi connectivity index (χ1) is 8.13. The summed E-state index contributed by atoms with van der Waals surface area (Å²) in [6, 6.07) is 7.21. The standard InChI is InChI=1S/C12H13N3O2/c1-7-9(6-11(16)15-13)12(17)8-4-2-3-5-10(8)14-7/h2-5H,6,13H2,1H3,(H,14,17)(H,15,16). The lowest BCUT2D eigenvalue weighted by molar-refractivity contribution is -0.120. The predicted octanol–water partition coefficient (Wildman–Crippen LogP) is 0.369. The van der Waals surface area contributed by atoms with Gasteiger partial charge < -0.3 is 4.98 Å². The zero-order valence-corrected chi connectivity index (χ0v) is 9.41. The van der Waals surface area contributed by atoms with E-state index < -0.39 is 0 Å². The molecule has 88 valence electrons. The summed E-state index contributed by atoms with van der Waals surface area (Å²) in [5.41, 5.74) is 3.81. The number of carbonyl (C=O) groups is 1. The zero-order chi connectivity index (χ0) is 12.4. The number of para-hydroxylation sites is 1. The number of nitrogens with two attached hydrogens (primary N) is 1. The van der Waals surface area contributed by atoms with Crippen molar-refractivity contribution in [2.75, 3.05) is 0 Å². The molecule has 4 N–H and O–H groups in total. The fraction of sp³-hybridized carbons (Fsp3) is 0.167. The molecular formula is C12H13N3O2. The minimum Gasteiger partial charge on any atom is -0.358 e. The van der Waals surface area contributed by atoms with Crippen molar-refractivity contribution < 1.29 is 4.79 Å². The third-order valence-corrected chi connectivity index (χ3v) is 2.72. The molecule has 1 amide bonds. The highest BCUT2D eigenvalue weighted by Gasteiger charge is 2.11. The molecule has 0 saturated carbocycles. The summed E-state index contributed by atoms with van der Waals surface area (Å²) in [6.07, 6.45) is -0.0114. The monoisotopic (exact) mass is 231 g/mol. The van der Waals surface area contributed by atoms with Gasteiger partial charge in [-0.05, 0) is 19.1 Å². The number of nitrogens with one attached hydrogen (secondary N) is 2. The summed E-state index contributed by atoms with van der Waals surface area (Å²) in [6.45, 7) is 1.77. The second kappa shape index (κ2) is 4.39. The van der Waals surface area contributed by atoms with E-state index in [1.165, 1.54) is 0 Å². The van der Waals surface area contributed by atoms with E-state index in [9.17, 15) is 9.59 Å². The van der Waals surface area contributed by atoms with Gasteiger partial charge in [-0.3, -0.25) is 15.0 Å². The third kappa shape index (κ3) is 2.05. The molecule has 0 fully saturated rings. The number of aromatic amines is 1. The molecule has 1 heterocycles. The molecule has 0 radical (unpaired) electrons. The molecule has 0 atom stereocenters. The number of amides is 1. The summed E-state index contributed by atoms with van der Waals surface area (Å²) in [4.78, 5) is 26.5. The maximum absolute atomic E-state index is 12.2. The number of hydrogen-bond donors (Lipinski definition) is 3. The van der Waals surface area contributed by atoms with Crippen LogP contribution in [0.25, 0.3) is 10.9 Å². The normalized spacial score (nSPS) is 10.5. The van der Waals surface area contributed by atoms with Crippen LogP contribution in [0.4, 0.5) is 0 Å². The number of carbonyl (C=O) groups excluding carboxylic acids is 1. The molecule has 2 rings (SSSR count). The third-order valence-electron chi connectivity index (χ3n) is 2.72. The maximum atomic E-state index is 12.2. The number of rotatable bonds is 2. The van der Waals surface area contributed by atoms with Crippen LogP contribution in [0.2, 0.25) is 0 Å². The summed E-state index contributed by atoms with van der Waals surface area (Å²) >= 11 is 0. The Morgan fingerprint density at radius 1 is 1.41 bits per heavy atom. The summed E-state index contributed by atoms with van der Waals surface area (Å²) in [7, 11) is 0. The van der Waals surface area contributed by atoms with Crippen LogP contribution in [0.1, 0.15) is 11.3 Å². The van der Waals surface area contributed by atoms with Gasteiger partial charge in [0.25, 0.3) is 0 Å². The molecule has 0 bridgehead atoms. The number of fused-ring (bicyclic) bond motifs is 1. The quantitative estimate of drug-likeness (QED) is 0.396. The summed E-state index contributed by atoms with van der Waals surface area (Å²) < 4.78 is 0. The maximum Gasteiger partial charge on any atom is 0.238 e. The van der Waals surface area contributed by atoms with Crippen LogP contribution in [-0.4, -0.2) is 10.9 Å². The highest BCUT2D eigenvalue weighted by molar-refractivity contribution is 5.82. The largest absolute Gasteiger partial charge is 0.358 e. The summed E-state index contributed by atoms with van der Waals surface area (Å²) in [5.74, 6) is 4.64. The molecule has 0 spiro atoms. The van der Waals surface area contributed by atoms with Gasteiger partial charge in [0, 0.05) is 22.2 Å². The number of aryl methyl sites for hydroxylation is 1. The van der Waals surface area contributed by atoms with E-state index in [4.69, 9.17) is 5.84 Å². The van der Waals surface area contributed by atoms with Gasteiger partial charge in [-0.2, -0.15) is 0 Å². The molecule has 1 aromatic heterocycles. The van der Waals surface area contributed by atoms with Gasteiger partial charge >= 0.3 is 0 Å². The van der Waals surface area contributed by atoms with Crippen LogP contribution in [0.3, 0.4) is 0 Å². The van der Waals surface area contributed by atoms with Crippen LogP contribution in [0.5, 0.6) is 0 Å². The van der Waals surface area contributed by atoms with Gasteiger partial charge in [0.15, 0.2) is 5.43 Å². The Morgan fingerprint density at radius 2 is 2.12 bits per heavy atom. The molecule has 2 aromatic rings. The van der Waals surface area contributed by atoms with E-state index in [0.29, 0.717) is 16.6 Å². The lowest BCUT2D eigenvalue weighted by Crippen LogP contribution is -2.33. The van der Waals surface area contributed by atoms with Crippen molar-refractivity contribution in [3.8, 4) is 0 Å². The average Bonchev–Trinajstić information content (AvgIpc) is 2.34. The Kier molecular flexibility index (Phi) is 2.93. The highest BCUT2D eigenvalue weighted by Crippen LogP contribution is 2.10. The SMILES string of the molecule is Cc1[nH]c2ccccc2c(=O)c1CC(=O)NN. The molecule has 0 aliphatic carbocycles. The van der Waals surface area contributed by atoms with Crippen LogP contribution < -0.4 is 16.7 Å². The first-order valence-corrected chi connectivity index (χ1v) is 5.23. The first kappa shape index (κ1) is 11.3. The fourth-order valence-electron chi connectivity index (χ4n) is 1.82. The van der Waals surface area contributed by atoms with Crippen LogP contribution in [0, 0.1) is 6.92 Å². The van der Waals surface area contributed by atoms with E-state index in [1.54, 1.807) is 19.1 Å². The smallest absolute Gasteiger partial charge is 0.238 e. The van der Waals surface area contributed by atoms with Gasteiger partial charge in [-0.25, -0.2) is 5.84 Å². The average molecular weight is 231 g/mol. The number of benzene rings is 1. The lowest BCUT2D eigenvalue weighted by atomic mass is 10.1. The van der Waals surface area contributed by atoms with Crippen molar-refractivity contribution in [1.82, 2.24) is 10.4 Å². The topological polar surface area (TPSA) is 88.0 Å². The van der Waals surface area contributed by atoms with Crippen molar-refractivity contribution in [2.24, 2.45) is 5.84 Å². The molecule has 0 unspecified atom stereocenters. The van der Waals surface area contributed by atoms with Crippen LogP contribution >= 0.6 is 0 Å². The van der Waals surface area contributed by atoms with Crippen molar-refractivity contribution in [3.05, 3.63) is 45.7 Å². The Morgan fingerprint density at radius 3 is 2.82 bits per heavy atom. The van der Waals surface area contributed by atoms with E-state index in [1.807, 2.05) is 17.6 Å². The Bertz CT molecular complexity index is 631. The van der Waals surface area contributed by atoms with Gasteiger partial charge in [0.1, 0.15) is 0 Å². The number of aromatic nitrogens is 1. The molecule has 1 aromatic carbocycles. The molecular weight excluding hydrogens is 218 g/mol. The first-order valence-electron chi connectivity index (χ1n) is 5.23. The minimum atomic E-state index is -0.381. The minimum absolute atomic E-state index is 0.0114. The van der Waals surface area contributed by atoms with Crippen molar-refractivity contribution in [3.63, 3.8) is 0 Å². The number of pyridine rings is 1. The van der Waals surface area contributed by atoms with Gasteiger partial charge in [-0.1, -0.05) is 12.1 Å². The molecule has 0 saturated heterocycles. The van der Waals surface area contributed by atoms with Gasteiger partial charge in [0.2, 0.25) is 5.91 Å². The van der Waals surface area contributed by atoms with Crippen molar-refractivity contribution >= 4 is 16.8 Å². The highest BCUT2D eigenvalue weighted by atomic mass is 16.2. The lowest BCUT2D eigenvalue weighted by Gasteiger charge is -2.07. The number of H-pyrrole nitrogens is 1. The molecule has 5 heteroatoms. The molecule has 5 nitrogen and oxygen atoms in total. The zero-order valence-electron chi connectivity index (χ0n) is 9.41. The van der Waals surface area contributed by atoms with E-state index in [2.05, 4.69) is 4.98 Å². The van der Waals surface area contributed by atoms with Crippen molar-refractivity contribution in [1.29, 1.82) is 0 Å². The van der Waals surface area contributed by atoms with Crippen LogP contribution in [0.15, 0.2) is 29.1 Å². The summed E-state index contributed by atoms with van der Waals surface area (Å²) in [5, 5.41) is 0.581. The van der Waals surface area contributed by atoms with Gasteiger partial charge in [0.05, 0.1) is 6.42 Å². The Balaban J connectivity index is 2.64. The second-order valence-electron chi connectivity index (χ2n) is 3.85. The van der Waals surface area contributed by atoms with E-state index in [-0.39, 0.29) is 17.8 Å². The Labute approximate surface area is 97.6 Å². The number of hydrazine groups is 1. The molecule has 17 heavy (non-hydrogen) atoms. The van der Waals surface area contributed by atoms with Gasteiger partial charge in [-0.15, -0.1) is 0 Å². The van der Waals surface area contributed by atoms with Crippen molar-refractivity contribution in [2.45, 2.75) is 13.3 Å². The van der Waals surface area contributed by atoms with Crippen LogP contribution in [-0.2, 0) is 11.2 Å². The fourth-order valence-corrected chi connectivity index (χ4v) is 1.82. The predicted molar refractivity (Wildman–Crippen MR) is 65.3 cm³/mol.